The molecule has 1 aromatic heterocycles. The quantitative estimate of drug-likeness (QED) is 0.842. The molecule has 1 atom stereocenters. The summed E-state index contributed by atoms with van der Waals surface area (Å²) >= 11 is 12.1. The fourth-order valence-electron chi connectivity index (χ4n) is 1.76. The summed E-state index contributed by atoms with van der Waals surface area (Å²) < 4.78 is 5.67. The highest BCUT2D eigenvalue weighted by Crippen LogP contribution is 2.25. The van der Waals surface area contributed by atoms with Gasteiger partial charge in [0.1, 0.15) is 6.10 Å². The summed E-state index contributed by atoms with van der Waals surface area (Å²) in [5.41, 5.74) is 0.976. The summed E-state index contributed by atoms with van der Waals surface area (Å²) in [6.07, 6.45) is 1.73. The molecule has 0 aliphatic heterocycles. The maximum Gasteiger partial charge on any atom is 0.213 e. The predicted octanol–water partition coefficient (Wildman–Crippen LogP) is 4.37. The minimum Gasteiger partial charge on any atom is -0.473 e. The summed E-state index contributed by atoms with van der Waals surface area (Å²) in [6.45, 7) is 3.33. The van der Waals surface area contributed by atoms with Gasteiger partial charge in [0.05, 0.1) is 10.0 Å². The standard InChI is InChI=1S/C15H16Cl2N2O.ClH/c1-11(20-14-7-2-3-8-19-14)9-18-10-12-5-4-6-13(16)15(12)17;/h2-8,11,18H,9-10H2,1H3;1H. The average Bonchev–Trinajstić information content (AvgIpc) is 2.44. The molecule has 2 rings (SSSR count). The Kier molecular flexibility index (Phi) is 7.83. The van der Waals surface area contributed by atoms with Gasteiger partial charge in [-0.25, -0.2) is 4.98 Å². The van der Waals surface area contributed by atoms with Gasteiger partial charge < -0.3 is 10.1 Å². The van der Waals surface area contributed by atoms with Crippen LogP contribution in [0.4, 0.5) is 0 Å². The van der Waals surface area contributed by atoms with Crippen LogP contribution >= 0.6 is 35.6 Å². The zero-order chi connectivity index (χ0) is 14.4. The molecule has 0 saturated heterocycles. The van der Waals surface area contributed by atoms with Crippen molar-refractivity contribution in [2.75, 3.05) is 6.54 Å². The van der Waals surface area contributed by atoms with Crippen molar-refractivity contribution in [1.82, 2.24) is 10.3 Å². The first-order chi connectivity index (χ1) is 9.66. The normalized spacial score (nSPS) is 11.6. The number of rotatable bonds is 6. The summed E-state index contributed by atoms with van der Waals surface area (Å²) in [4.78, 5) is 4.12. The molecule has 21 heavy (non-hydrogen) atoms. The van der Waals surface area contributed by atoms with Crippen molar-refractivity contribution in [1.29, 1.82) is 0 Å². The number of aromatic nitrogens is 1. The highest BCUT2D eigenvalue weighted by Gasteiger charge is 2.07. The van der Waals surface area contributed by atoms with Crippen LogP contribution in [0.25, 0.3) is 0 Å². The van der Waals surface area contributed by atoms with Crippen LogP contribution in [0.5, 0.6) is 5.88 Å². The molecule has 0 saturated carbocycles. The van der Waals surface area contributed by atoms with Gasteiger partial charge in [-0.05, 0) is 24.6 Å². The zero-order valence-corrected chi connectivity index (χ0v) is 13.9. The van der Waals surface area contributed by atoms with Crippen LogP contribution < -0.4 is 10.1 Å². The number of nitrogens with zero attached hydrogens (tertiary/aromatic N) is 1. The van der Waals surface area contributed by atoms with Crippen LogP contribution in [-0.2, 0) is 6.54 Å². The third kappa shape index (κ3) is 5.71. The van der Waals surface area contributed by atoms with Gasteiger partial charge >= 0.3 is 0 Å². The van der Waals surface area contributed by atoms with Crippen LogP contribution in [-0.4, -0.2) is 17.6 Å². The smallest absolute Gasteiger partial charge is 0.213 e. The Morgan fingerprint density at radius 3 is 2.71 bits per heavy atom. The van der Waals surface area contributed by atoms with Crippen LogP contribution in [0, 0.1) is 0 Å². The molecule has 3 nitrogen and oxygen atoms in total. The Morgan fingerprint density at radius 2 is 2.00 bits per heavy atom. The first-order valence-electron chi connectivity index (χ1n) is 6.38. The van der Waals surface area contributed by atoms with Gasteiger partial charge in [-0.2, -0.15) is 0 Å². The van der Waals surface area contributed by atoms with E-state index in [1.165, 1.54) is 0 Å². The van der Waals surface area contributed by atoms with Gasteiger partial charge in [0.2, 0.25) is 5.88 Å². The van der Waals surface area contributed by atoms with Gasteiger partial charge in [-0.3, -0.25) is 0 Å². The molecule has 0 aliphatic carbocycles. The second kappa shape index (κ2) is 9.11. The lowest BCUT2D eigenvalue weighted by Crippen LogP contribution is -2.28. The van der Waals surface area contributed by atoms with E-state index in [2.05, 4.69) is 10.3 Å². The van der Waals surface area contributed by atoms with Crippen molar-refractivity contribution < 1.29 is 4.74 Å². The summed E-state index contributed by atoms with van der Waals surface area (Å²) in [5.74, 6) is 0.627. The fraction of sp³-hybridized carbons (Fsp3) is 0.267. The highest BCUT2D eigenvalue weighted by molar-refractivity contribution is 6.42. The van der Waals surface area contributed by atoms with Crippen molar-refractivity contribution >= 4 is 35.6 Å². The minimum atomic E-state index is 0. The average molecular weight is 348 g/mol. The Morgan fingerprint density at radius 1 is 1.19 bits per heavy atom. The van der Waals surface area contributed by atoms with Crippen molar-refractivity contribution in [3.63, 3.8) is 0 Å². The Bertz CT molecular complexity index is 552. The van der Waals surface area contributed by atoms with Crippen molar-refractivity contribution in [2.45, 2.75) is 19.6 Å². The second-order valence-corrected chi connectivity index (χ2v) is 5.23. The molecule has 0 radical (unpaired) electrons. The lowest BCUT2D eigenvalue weighted by molar-refractivity contribution is 0.208. The van der Waals surface area contributed by atoms with Gasteiger partial charge in [0.25, 0.3) is 0 Å². The van der Waals surface area contributed by atoms with Crippen LogP contribution in [0.15, 0.2) is 42.6 Å². The van der Waals surface area contributed by atoms with Gasteiger partial charge in [0.15, 0.2) is 0 Å². The number of ether oxygens (including phenoxy) is 1. The highest BCUT2D eigenvalue weighted by atomic mass is 35.5. The molecule has 6 heteroatoms. The number of nitrogens with one attached hydrogen (secondary N) is 1. The number of hydrogen-bond acceptors (Lipinski definition) is 3. The van der Waals surface area contributed by atoms with Gasteiger partial charge in [-0.15, -0.1) is 12.4 Å². The maximum atomic E-state index is 6.13. The van der Waals surface area contributed by atoms with Gasteiger partial charge in [-0.1, -0.05) is 41.4 Å². The van der Waals surface area contributed by atoms with Crippen molar-refractivity contribution in [3.8, 4) is 5.88 Å². The van der Waals surface area contributed by atoms with Gasteiger partial charge in [0, 0.05) is 25.4 Å². The first kappa shape index (κ1) is 18.1. The first-order valence-corrected chi connectivity index (χ1v) is 7.13. The Labute approximate surface area is 141 Å². The second-order valence-electron chi connectivity index (χ2n) is 4.44. The molecule has 114 valence electrons. The zero-order valence-electron chi connectivity index (χ0n) is 11.6. The summed E-state index contributed by atoms with van der Waals surface area (Å²) in [6, 6.07) is 11.2. The monoisotopic (exact) mass is 346 g/mol. The SMILES string of the molecule is CC(CNCc1cccc(Cl)c1Cl)Oc1ccccn1.Cl. The van der Waals surface area contributed by atoms with Crippen LogP contribution in [0.2, 0.25) is 10.0 Å². The molecule has 0 bridgehead atoms. The maximum absolute atomic E-state index is 6.13. The largest absolute Gasteiger partial charge is 0.473 e. The van der Waals surface area contributed by atoms with E-state index in [1.807, 2.05) is 37.3 Å². The predicted molar refractivity (Wildman–Crippen MR) is 89.7 cm³/mol. The molecular formula is C15H17Cl3N2O. The summed E-state index contributed by atoms with van der Waals surface area (Å²) in [5, 5.41) is 4.46. The third-order valence-electron chi connectivity index (χ3n) is 2.74. The van der Waals surface area contributed by atoms with E-state index in [1.54, 1.807) is 12.3 Å². The van der Waals surface area contributed by atoms with Crippen molar-refractivity contribution in [3.05, 3.63) is 58.2 Å². The number of halogens is 3. The third-order valence-corrected chi connectivity index (χ3v) is 3.60. The van der Waals surface area contributed by atoms with E-state index >= 15 is 0 Å². The Balaban J connectivity index is 0.00000220. The topological polar surface area (TPSA) is 34.1 Å². The molecule has 1 heterocycles. The van der Waals surface area contributed by atoms with Crippen LogP contribution in [0.3, 0.4) is 0 Å². The molecular weight excluding hydrogens is 331 g/mol. The minimum absolute atomic E-state index is 0. The van der Waals surface area contributed by atoms with Crippen LogP contribution in [0.1, 0.15) is 12.5 Å². The Hall–Kier alpha value is -1.00. The molecule has 0 spiro atoms. The van der Waals surface area contributed by atoms with E-state index < -0.39 is 0 Å². The lowest BCUT2D eigenvalue weighted by Gasteiger charge is -2.15. The van der Waals surface area contributed by atoms with E-state index in [4.69, 9.17) is 27.9 Å². The molecule has 0 amide bonds. The molecule has 1 aromatic carbocycles. The van der Waals surface area contributed by atoms with E-state index in [0.717, 1.165) is 5.56 Å². The fourth-order valence-corrected chi connectivity index (χ4v) is 2.15. The number of pyridine rings is 1. The molecule has 1 unspecified atom stereocenters. The molecule has 2 aromatic rings. The molecule has 1 N–H and O–H groups in total. The van der Waals surface area contributed by atoms with E-state index in [-0.39, 0.29) is 18.5 Å². The van der Waals surface area contributed by atoms with E-state index in [0.29, 0.717) is 29.0 Å². The molecule has 0 fully saturated rings. The number of benzene rings is 1. The molecule has 0 aliphatic rings. The number of hydrogen-bond donors (Lipinski definition) is 1. The lowest BCUT2D eigenvalue weighted by atomic mass is 10.2. The van der Waals surface area contributed by atoms with E-state index in [9.17, 15) is 0 Å². The van der Waals surface area contributed by atoms with Crippen molar-refractivity contribution in [2.24, 2.45) is 0 Å². The summed E-state index contributed by atoms with van der Waals surface area (Å²) in [7, 11) is 0.